The topological polar surface area (TPSA) is 71.2 Å². The Kier molecular flexibility index (Phi) is 6.20. The zero-order valence-electron chi connectivity index (χ0n) is 15.2. The number of hydrogen-bond acceptors (Lipinski definition) is 6. The fourth-order valence-electron chi connectivity index (χ4n) is 3.10. The molecule has 2 aromatic carbocycles. The van der Waals surface area contributed by atoms with Crippen molar-refractivity contribution in [3.05, 3.63) is 48.5 Å². The van der Waals surface area contributed by atoms with E-state index in [0.717, 1.165) is 37.7 Å². The summed E-state index contributed by atoms with van der Waals surface area (Å²) < 4.78 is 10.9. The average Bonchev–Trinajstić information content (AvgIpc) is 2.68. The van der Waals surface area contributed by atoms with Crippen molar-refractivity contribution in [2.45, 2.75) is 6.10 Å². The Morgan fingerprint density at radius 2 is 1.77 bits per heavy atom. The molecule has 3 N–H and O–H groups in total. The first-order valence-electron chi connectivity index (χ1n) is 8.92. The Bertz CT molecular complexity index is 685. The fourth-order valence-corrected chi connectivity index (χ4v) is 3.10. The lowest BCUT2D eigenvalue weighted by Gasteiger charge is -2.37. The van der Waals surface area contributed by atoms with Crippen LogP contribution in [0.2, 0.25) is 0 Å². The lowest BCUT2D eigenvalue weighted by molar-refractivity contribution is 0.0663. The number of nitrogens with two attached hydrogens (primary N) is 1. The number of aliphatic hydroxyl groups excluding tert-OH is 1. The van der Waals surface area contributed by atoms with E-state index in [9.17, 15) is 5.11 Å². The van der Waals surface area contributed by atoms with Gasteiger partial charge in [0.1, 0.15) is 24.2 Å². The van der Waals surface area contributed by atoms with Gasteiger partial charge in [-0.3, -0.25) is 4.90 Å². The molecule has 1 saturated heterocycles. The van der Waals surface area contributed by atoms with Crippen molar-refractivity contribution in [1.29, 1.82) is 0 Å². The van der Waals surface area contributed by atoms with E-state index in [0.29, 0.717) is 12.2 Å². The maximum atomic E-state index is 10.2. The first-order chi connectivity index (χ1) is 12.6. The number of benzene rings is 2. The van der Waals surface area contributed by atoms with Crippen LogP contribution in [-0.2, 0) is 0 Å². The number of aliphatic hydroxyl groups is 1. The van der Waals surface area contributed by atoms with Crippen LogP contribution in [0.4, 0.5) is 11.4 Å². The third-order valence-corrected chi connectivity index (χ3v) is 4.58. The van der Waals surface area contributed by atoms with E-state index >= 15 is 0 Å². The van der Waals surface area contributed by atoms with Crippen LogP contribution in [-0.4, -0.2) is 62.6 Å². The van der Waals surface area contributed by atoms with Crippen LogP contribution in [0.5, 0.6) is 11.5 Å². The average molecular weight is 357 g/mol. The second-order valence-corrected chi connectivity index (χ2v) is 6.52. The molecule has 6 heteroatoms. The summed E-state index contributed by atoms with van der Waals surface area (Å²) in [5.41, 5.74) is 7.53. The second-order valence-electron chi connectivity index (χ2n) is 6.52. The van der Waals surface area contributed by atoms with Gasteiger partial charge in [-0.15, -0.1) is 0 Å². The zero-order chi connectivity index (χ0) is 18.4. The summed E-state index contributed by atoms with van der Waals surface area (Å²) in [7, 11) is 1.69. The van der Waals surface area contributed by atoms with Crippen LogP contribution in [0.25, 0.3) is 0 Å². The van der Waals surface area contributed by atoms with Crippen molar-refractivity contribution in [3.8, 4) is 11.5 Å². The van der Waals surface area contributed by atoms with Crippen molar-refractivity contribution in [1.82, 2.24) is 4.90 Å². The minimum Gasteiger partial charge on any atom is -0.497 e. The molecule has 1 aliphatic heterocycles. The van der Waals surface area contributed by atoms with Gasteiger partial charge >= 0.3 is 0 Å². The maximum Gasteiger partial charge on any atom is 0.120 e. The maximum absolute atomic E-state index is 10.2. The first-order valence-corrected chi connectivity index (χ1v) is 8.92. The number of piperazine rings is 1. The summed E-state index contributed by atoms with van der Waals surface area (Å²) in [4.78, 5) is 4.62. The number of hydrogen-bond donors (Lipinski definition) is 2. The van der Waals surface area contributed by atoms with Crippen molar-refractivity contribution in [2.75, 3.05) is 57.1 Å². The van der Waals surface area contributed by atoms with Crippen LogP contribution in [0.15, 0.2) is 48.5 Å². The number of ether oxygens (including phenoxy) is 2. The van der Waals surface area contributed by atoms with Crippen molar-refractivity contribution >= 4 is 11.4 Å². The number of β-amino-alcohol motifs (C(OH)–C–C–N with tert-alkyl or cyclic N) is 1. The third kappa shape index (κ3) is 5.03. The van der Waals surface area contributed by atoms with Crippen LogP contribution >= 0.6 is 0 Å². The molecule has 140 valence electrons. The third-order valence-electron chi connectivity index (χ3n) is 4.58. The second kappa shape index (κ2) is 8.78. The van der Waals surface area contributed by atoms with E-state index in [2.05, 4.69) is 21.9 Å². The molecule has 1 atom stereocenters. The summed E-state index contributed by atoms with van der Waals surface area (Å²) >= 11 is 0. The summed E-state index contributed by atoms with van der Waals surface area (Å²) in [6.45, 7) is 4.57. The van der Waals surface area contributed by atoms with Crippen molar-refractivity contribution in [2.24, 2.45) is 0 Å². The Labute approximate surface area is 154 Å². The first kappa shape index (κ1) is 18.4. The van der Waals surface area contributed by atoms with Gasteiger partial charge < -0.3 is 25.2 Å². The summed E-state index contributed by atoms with van der Waals surface area (Å²) in [5, 5.41) is 10.2. The van der Waals surface area contributed by atoms with E-state index < -0.39 is 6.10 Å². The Morgan fingerprint density at radius 3 is 2.46 bits per heavy atom. The molecule has 0 amide bonds. The van der Waals surface area contributed by atoms with Crippen molar-refractivity contribution in [3.63, 3.8) is 0 Å². The van der Waals surface area contributed by atoms with Gasteiger partial charge in [-0.2, -0.15) is 0 Å². The zero-order valence-corrected chi connectivity index (χ0v) is 15.2. The molecular formula is C20H27N3O3. The molecule has 0 radical (unpaired) electrons. The Balaban J connectivity index is 1.42. The van der Waals surface area contributed by atoms with Gasteiger partial charge in [0.25, 0.3) is 0 Å². The summed E-state index contributed by atoms with van der Waals surface area (Å²) in [6, 6.07) is 15.3. The highest BCUT2D eigenvalue weighted by Gasteiger charge is 2.20. The summed E-state index contributed by atoms with van der Waals surface area (Å²) in [5.74, 6) is 1.60. The molecule has 1 heterocycles. The Hall–Kier alpha value is -2.44. The van der Waals surface area contributed by atoms with Crippen molar-refractivity contribution < 1.29 is 14.6 Å². The quantitative estimate of drug-likeness (QED) is 0.737. The van der Waals surface area contributed by atoms with Gasteiger partial charge in [0.05, 0.1) is 7.11 Å². The smallest absolute Gasteiger partial charge is 0.120 e. The molecule has 0 saturated carbocycles. The van der Waals surface area contributed by atoms with Gasteiger partial charge in [-0.1, -0.05) is 6.07 Å². The highest BCUT2D eigenvalue weighted by atomic mass is 16.5. The molecular weight excluding hydrogens is 330 g/mol. The van der Waals surface area contributed by atoms with Gasteiger partial charge in [-0.05, 0) is 36.4 Å². The molecule has 0 spiro atoms. The molecule has 0 aromatic heterocycles. The lowest BCUT2D eigenvalue weighted by Crippen LogP contribution is -2.49. The molecule has 0 unspecified atom stereocenters. The molecule has 0 bridgehead atoms. The van der Waals surface area contributed by atoms with Gasteiger partial charge in [0.2, 0.25) is 0 Å². The molecule has 1 fully saturated rings. The van der Waals surface area contributed by atoms with Crippen LogP contribution < -0.4 is 20.1 Å². The van der Waals surface area contributed by atoms with Crippen LogP contribution in [0.1, 0.15) is 0 Å². The SMILES string of the molecule is COc1cccc(N2CCN(C[C@@H](O)COc3ccc(N)cc3)CC2)c1. The fraction of sp³-hybridized carbons (Fsp3) is 0.400. The Morgan fingerprint density at radius 1 is 1.04 bits per heavy atom. The number of anilines is 2. The van der Waals surface area contributed by atoms with Gasteiger partial charge in [0.15, 0.2) is 0 Å². The van der Waals surface area contributed by atoms with Gasteiger partial charge in [0, 0.05) is 50.2 Å². The predicted molar refractivity (Wildman–Crippen MR) is 104 cm³/mol. The van der Waals surface area contributed by atoms with E-state index in [4.69, 9.17) is 15.2 Å². The largest absolute Gasteiger partial charge is 0.497 e. The highest BCUT2D eigenvalue weighted by Crippen LogP contribution is 2.22. The van der Waals surface area contributed by atoms with Crippen LogP contribution in [0, 0.1) is 0 Å². The molecule has 6 nitrogen and oxygen atoms in total. The van der Waals surface area contributed by atoms with Crippen LogP contribution in [0.3, 0.4) is 0 Å². The van der Waals surface area contributed by atoms with E-state index in [1.54, 1.807) is 19.2 Å². The van der Waals surface area contributed by atoms with E-state index in [1.807, 2.05) is 24.3 Å². The number of nitrogens with zero attached hydrogens (tertiary/aromatic N) is 2. The molecule has 26 heavy (non-hydrogen) atoms. The standard InChI is InChI=1S/C20H27N3O3/c1-25-20-4-2-3-17(13-20)23-11-9-22(10-12-23)14-18(24)15-26-19-7-5-16(21)6-8-19/h2-8,13,18,24H,9-12,14-15,21H2,1H3/t18-/m1/s1. The van der Waals surface area contributed by atoms with Gasteiger partial charge in [-0.25, -0.2) is 0 Å². The normalized spacial score (nSPS) is 16.3. The molecule has 0 aliphatic carbocycles. The monoisotopic (exact) mass is 357 g/mol. The molecule has 3 rings (SSSR count). The van der Waals surface area contributed by atoms with E-state index in [-0.39, 0.29) is 6.61 Å². The minimum absolute atomic E-state index is 0.278. The van der Waals surface area contributed by atoms with E-state index in [1.165, 1.54) is 5.69 Å². The predicted octanol–water partition coefficient (Wildman–Crippen LogP) is 1.84. The summed E-state index contributed by atoms with van der Waals surface area (Å²) in [6.07, 6.45) is -0.518. The molecule has 1 aliphatic rings. The lowest BCUT2D eigenvalue weighted by atomic mass is 10.2. The number of nitrogen functional groups attached to an aromatic ring is 1. The minimum atomic E-state index is -0.518. The number of methoxy groups -OCH3 is 1. The molecule has 2 aromatic rings. The number of rotatable bonds is 7. The highest BCUT2D eigenvalue weighted by molar-refractivity contribution is 5.51.